The van der Waals surface area contributed by atoms with Gasteiger partial charge in [0, 0.05) is 56.7 Å². The number of carbonyl (C=O) groups excluding carboxylic acids is 2. The van der Waals surface area contributed by atoms with Crippen LogP contribution in [0.3, 0.4) is 0 Å². The number of hydrogen-bond donors (Lipinski definition) is 3. The third kappa shape index (κ3) is 6.08. The number of benzene rings is 2. The summed E-state index contributed by atoms with van der Waals surface area (Å²) < 4.78 is 28.8. The van der Waals surface area contributed by atoms with Gasteiger partial charge in [0.25, 0.3) is 6.47 Å². The molecule has 2 bridgehead atoms. The quantitative estimate of drug-likeness (QED) is 0.140. The summed E-state index contributed by atoms with van der Waals surface area (Å²) in [6.45, 7) is 1.24. The normalized spacial score (nSPS) is 22.8. The minimum Gasteiger partial charge on any atom is -0.508 e. The molecule has 3 aliphatic heterocycles. The summed E-state index contributed by atoms with van der Waals surface area (Å²) in [6.07, 6.45) is 10.4. The summed E-state index contributed by atoms with van der Waals surface area (Å²) >= 11 is 0. The van der Waals surface area contributed by atoms with E-state index in [2.05, 4.69) is 16.1 Å². The molecule has 51 heavy (non-hydrogen) atoms. The molecular weight excluding hydrogens is 661 g/mol. The van der Waals surface area contributed by atoms with Crippen LogP contribution in [-0.4, -0.2) is 111 Å². The van der Waals surface area contributed by atoms with E-state index in [0.29, 0.717) is 48.3 Å². The standard InChI is InChI=1S/C35H36FN7O5.CH2O2/c1-4-23-25(36)10-8-18-12-22(44)14-24(29(18)23)31(46)34-38-32-30(43(34)20-6-5-7-20)33(42-15-19-13-27(47-3)26(16-42)37-19)40-35(39-32)48-17-21-9-11-28(45)41(21)2;2-1-3/h1,8,10,12,14,19-21,26-27,37,44H,5-7,9,11,13,15-17H2,2-3H3;1H,(H,2,3)/t19?,21-,26?,27?;/m0./s1. The van der Waals surface area contributed by atoms with E-state index >= 15 is 0 Å². The molecule has 8 rings (SSSR count). The number of fused-ring (bicyclic) bond motifs is 4. The summed E-state index contributed by atoms with van der Waals surface area (Å²) in [5.41, 5.74) is 0.906. The lowest BCUT2D eigenvalue weighted by Crippen LogP contribution is -2.53. The summed E-state index contributed by atoms with van der Waals surface area (Å²) in [5.74, 6) is 1.88. The minimum absolute atomic E-state index is 0.0417. The molecule has 2 aromatic heterocycles. The number of phenols is 1. The van der Waals surface area contributed by atoms with Gasteiger partial charge in [0.2, 0.25) is 11.7 Å². The van der Waals surface area contributed by atoms with Crippen molar-refractivity contribution in [1.29, 1.82) is 0 Å². The van der Waals surface area contributed by atoms with E-state index in [-0.39, 0.29) is 83.4 Å². The molecule has 4 aliphatic rings. The fraction of sp³-hybridized carbons (Fsp3) is 0.444. The number of terminal acetylenes is 1. The second kappa shape index (κ2) is 13.8. The number of piperazine rings is 1. The lowest BCUT2D eigenvalue weighted by molar-refractivity contribution is -0.128. The summed E-state index contributed by atoms with van der Waals surface area (Å²) in [6, 6.07) is 5.71. The molecule has 1 aliphatic carbocycles. The van der Waals surface area contributed by atoms with Gasteiger partial charge in [-0.1, -0.05) is 12.0 Å². The smallest absolute Gasteiger partial charge is 0.320 e. The number of likely N-dealkylation sites (N-methyl/N-ethyl adjacent to an activating group) is 1. The Morgan fingerprint density at radius 2 is 1.98 bits per heavy atom. The van der Waals surface area contributed by atoms with Gasteiger partial charge in [-0.25, -0.2) is 9.37 Å². The molecule has 14 nitrogen and oxygen atoms in total. The van der Waals surface area contributed by atoms with Crippen molar-refractivity contribution in [2.45, 2.75) is 68.8 Å². The van der Waals surface area contributed by atoms with Crippen molar-refractivity contribution in [3.8, 4) is 24.1 Å². The molecule has 4 fully saturated rings. The topological polar surface area (TPSA) is 172 Å². The first-order valence-electron chi connectivity index (χ1n) is 16.9. The molecule has 266 valence electrons. The summed E-state index contributed by atoms with van der Waals surface area (Å²) in [7, 11) is 3.49. The molecule has 4 atom stereocenters. The third-order valence-corrected chi connectivity index (χ3v) is 10.5. The molecule has 15 heteroatoms. The van der Waals surface area contributed by atoms with Crippen LogP contribution in [-0.2, 0) is 14.3 Å². The van der Waals surface area contributed by atoms with Gasteiger partial charge in [0.1, 0.15) is 23.7 Å². The van der Waals surface area contributed by atoms with Crippen molar-refractivity contribution in [1.82, 2.24) is 29.7 Å². The Morgan fingerprint density at radius 3 is 2.65 bits per heavy atom. The van der Waals surface area contributed by atoms with Crippen molar-refractivity contribution in [3.05, 3.63) is 47.0 Å². The van der Waals surface area contributed by atoms with Gasteiger partial charge in [0.05, 0.1) is 23.8 Å². The Bertz CT molecular complexity index is 2080. The number of halogens is 1. The third-order valence-electron chi connectivity index (χ3n) is 10.5. The number of phenolic OH excluding ortho intramolecular Hbond substituents is 1. The molecule has 1 saturated carbocycles. The molecule has 3 N–H and O–H groups in total. The fourth-order valence-electron chi connectivity index (χ4n) is 7.74. The van der Waals surface area contributed by atoms with Crippen LogP contribution in [0.25, 0.3) is 21.9 Å². The van der Waals surface area contributed by atoms with Crippen molar-refractivity contribution in [2.75, 3.05) is 38.8 Å². The maximum atomic E-state index is 14.9. The van der Waals surface area contributed by atoms with Gasteiger partial charge >= 0.3 is 6.01 Å². The van der Waals surface area contributed by atoms with Gasteiger partial charge in [-0.2, -0.15) is 9.97 Å². The van der Waals surface area contributed by atoms with Crippen molar-refractivity contribution in [3.63, 3.8) is 0 Å². The zero-order valence-electron chi connectivity index (χ0n) is 28.2. The van der Waals surface area contributed by atoms with E-state index in [4.69, 9.17) is 40.8 Å². The Labute approximate surface area is 292 Å². The number of amides is 1. The van der Waals surface area contributed by atoms with E-state index in [1.807, 2.05) is 4.57 Å². The van der Waals surface area contributed by atoms with Crippen molar-refractivity contribution >= 4 is 45.9 Å². The number of hydrogen-bond acceptors (Lipinski definition) is 11. The van der Waals surface area contributed by atoms with Crippen LogP contribution in [0.4, 0.5) is 10.2 Å². The first-order chi connectivity index (χ1) is 24.6. The first kappa shape index (κ1) is 34.1. The lowest BCUT2D eigenvalue weighted by Gasteiger charge is -2.35. The first-order valence-corrected chi connectivity index (χ1v) is 16.9. The van der Waals surface area contributed by atoms with Crippen LogP contribution in [0.2, 0.25) is 0 Å². The monoisotopic (exact) mass is 699 g/mol. The largest absolute Gasteiger partial charge is 0.508 e. The molecule has 3 saturated heterocycles. The van der Waals surface area contributed by atoms with Crippen LogP contribution in [0.15, 0.2) is 24.3 Å². The van der Waals surface area contributed by atoms with Crippen LogP contribution in [0, 0.1) is 18.2 Å². The van der Waals surface area contributed by atoms with Crippen LogP contribution < -0.4 is 15.0 Å². The molecule has 1 amide bonds. The van der Waals surface area contributed by atoms with Crippen LogP contribution in [0.1, 0.15) is 66.3 Å². The Balaban J connectivity index is 0.00000131. The molecule has 3 unspecified atom stereocenters. The molecule has 5 heterocycles. The number of aromatic nitrogens is 4. The van der Waals surface area contributed by atoms with Gasteiger partial charge < -0.3 is 39.4 Å². The highest BCUT2D eigenvalue weighted by Crippen LogP contribution is 2.41. The average Bonchev–Trinajstić information content (AvgIpc) is 3.73. The fourth-order valence-corrected chi connectivity index (χ4v) is 7.74. The number of carboxylic acid groups (broad SMARTS) is 1. The minimum atomic E-state index is -0.635. The Morgan fingerprint density at radius 1 is 1.20 bits per heavy atom. The van der Waals surface area contributed by atoms with E-state index < -0.39 is 11.6 Å². The molecule has 4 aromatic rings. The molecule has 0 spiro atoms. The molecular formula is C36H38FN7O7. The van der Waals surface area contributed by atoms with Crippen molar-refractivity contribution < 1.29 is 38.5 Å². The average molecular weight is 700 g/mol. The summed E-state index contributed by atoms with van der Waals surface area (Å²) in [5, 5.41) is 21.8. The van der Waals surface area contributed by atoms with Crippen LogP contribution in [0.5, 0.6) is 11.8 Å². The zero-order chi connectivity index (χ0) is 36.0. The second-order valence-corrected chi connectivity index (χ2v) is 13.4. The maximum absolute atomic E-state index is 14.9. The van der Waals surface area contributed by atoms with Gasteiger partial charge in [0.15, 0.2) is 17.3 Å². The Hall–Kier alpha value is -5.33. The lowest BCUT2D eigenvalue weighted by atomic mass is 9.91. The highest BCUT2D eigenvalue weighted by Gasteiger charge is 2.42. The SMILES string of the molecule is C#Cc1c(F)ccc2cc(O)cc(C(=O)c3nc4nc(OC[C@@H]5CCC(=O)N5C)nc(N5CC6CC(OC)C(C5)N6)c4n3C3CCC3)c12.O=CO. The number of aromatic hydroxyl groups is 1. The number of likely N-dealkylation sites (tertiary alicyclic amines) is 1. The van der Waals surface area contributed by atoms with Gasteiger partial charge in [-0.15, -0.1) is 6.42 Å². The van der Waals surface area contributed by atoms with Crippen LogP contribution >= 0.6 is 0 Å². The van der Waals surface area contributed by atoms with E-state index in [1.165, 1.54) is 24.3 Å². The summed E-state index contributed by atoms with van der Waals surface area (Å²) in [4.78, 5) is 53.5. The maximum Gasteiger partial charge on any atom is 0.320 e. The molecule has 2 aromatic carbocycles. The number of imidazole rings is 1. The predicted octanol–water partition coefficient (Wildman–Crippen LogP) is 3.03. The number of nitrogens with one attached hydrogen (secondary N) is 1. The predicted molar refractivity (Wildman–Crippen MR) is 183 cm³/mol. The highest BCUT2D eigenvalue weighted by atomic mass is 19.1. The van der Waals surface area contributed by atoms with E-state index in [9.17, 15) is 19.1 Å². The highest BCUT2D eigenvalue weighted by molar-refractivity contribution is 6.17. The zero-order valence-corrected chi connectivity index (χ0v) is 28.2. The van der Waals surface area contributed by atoms with Crippen molar-refractivity contribution in [2.24, 2.45) is 0 Å². The number of nitrogens with zero attached hydrogens (tertiary/aromatic N) is 6. The number of methoxy groups -OCH3 is 1. The van der Waals surface area contributed by atoms with E-state index in [1.54, 1.807) is 19.1 Å². The second-order valence-electron chi connectivity index (χ2n) is 13.4. The number of ether oxygens (including phenoxy) is 2. The Kier molecular flexibility index (Phi) is 9.21. The van der Waals surface area contributed by atoms with Gasteiger partial charge in [-0.05, 0) is 55.7 Å². The van der Waals surface area contributed by atoms with Gasteiger partial charge in [-0.3, -0.25) is 14.4 Å². The number of rotatable bonds is 8. The van der Waals surface area contributed by atoms with E-state index in [0.717, 1.165) is 25.7 Å². The number of carbonyl (C=O) groups is 3. The number of anilines is 1. The molecule has 0 radical (unpaired) electrons. The number of ketones is 1.